The molecule has 0 aliphatic carbocycles. The minimum absolute atomic E-state index is 0.332. The highest BCUT2D eigenvalue weighted by Crippen LogP contribution is 2.12. The van der Waals surface area contributed by atoms with Crippen LogP contribution in [0.4, 0.5) is 0 Å². The van der Waals surface area contributed by atoms with E-state index in [-0.39, 0.29) is 5.91 Å². The summed E-state index contributed by atoms with van der Waals surface area (Å²) >= 11 is 6.64. The molecule has 0 atom stereocenters. The number of amides is 1. The molecule has 2 N–H and O–H groups in total. The molecule has 0 aromatic heterocycles. The third-order valence-corrected chi connectivity index (χ3v) is 3.71. The molecule has 2 aromatic rings. The second-order valence-corrected chi connectivity index (χ2v) is 6.03. The van der Waals surface area contributed by atoms with Crippen molar-refractivity contribution in [1.82, 2.24) is 5.43 Å². The number of oxime groups is 1. The maximum atomic E-state index is 12.0. The van der Waals surface area contributed by atoms with Gasteiger partial charge in [-0.2, -0.15) is 5.10 Å². The fourth-order valence-electron chi connectivity index (χ4n) is 1.65. The lowest BCUT2D eigenvalue weighted by Gasteiger charge is -2.04. The van der Waals surface area contributed by atoms with Gasteiger partial charge < -0.3 is 5.21 Å². The van der Waals surface area contributed by atoms with Crippen LogP contribution in [-0.2, 0) is 0 Å². The van der Waals surface area contributed by atoms with Crippen LogP contribution in [0.3, 0.4) is 0 Å². The van der Waals surface area contributed by atoms with Crippen LogP contribution in [0.15, 0.2) is 67.7 Å². The van der Waals surface area contributed by atoms with Gasteiger partial charge in [-0.05, 0) is 30.3 Å². The first-order chi connectivity index (χ1) is 10.6. The number of hydrogen-bond acceptors (Lipinski definition) is 4. The van der Waals surface area contributed by atoms with Gasteiger partial charge in [-0.3, -0.25) is 4.79 Å². The Kier molecular flexibility index (Phi) is 5.85. The molecule has 0 unspecified atom stereocenters. The zero-order valence-corrected chi connectivity index (χ0v) is 14.4. The Morgan fingerprint density at radius 2 is 1.77 bits per heavy atom. The fourth-order valence-corrected chi connectivity index (χ4v) is 2.31. The molecule has 0 saturated heterocycles. The summed E-state index contributed by atoms with van der Waals surface area (Å²) in [6.07, 6.45) is 1.16. The summed E-state index contributed by atoms with van der Waals surface area (Å²) in [6.45, 7) is 0. The molecule has 0 heterocycles. The average molecular weight is 425 g/mol. The van der Waals surface area contributed by atoms with E-state index in [1.165, 1.54) is 0 Å². The van der Waals surface area contributed by atoms with Gasteiger partial charge in [0.1, 0.15) is 5.71 Å². The monoisotopic (exact) mass is 423 g/mol. The van der Waals surface area contributed by atoms with E-state index in [1.807, 2.05) is 18.2 Å². The molecule has 0 saturated carbocycles. The van der Waals surface area contributed by atoms with Crippen LogP contribution in [0.2, 0.25) is 0 Å². The number of benzene rings is 2. The van der Waals surface area contributed by atoms with Gasteiger partial charge in [0.25, 0.3) is 5.91 Å². The van der Waals surface area contributed by atoms with Crippen LogP contribution in [-0.4, -0.2) is 23.0 Å². The topological polar surface area (TPSA) is 74.0 Å². The zero-order valence-electron chi connectivity index (χ0n) is 11.2. The van der Waals surface area contributed by atoms with Crippen molar-refractivity contribution in [2.45, 2.75) is 0 Å². The lowest BCUT2D eigenvalue weighted by atomic mass is 10.1. The fraction of sp³-hybridized carbons (Fsp3) is 0. The van der Waals surface area contributed by atoms with Crippen molar-refractivity contribution < 1.29 is 10.0 Å². The standard InChI is InChI=1S/C15H11Br2N3O2/c16-12-6-4-10(5-7-12)14(9-18-22)19-20-15(21)11-2-1-3-13(17)8-11/h1-9,22H,(H,20,21). The van der Waals surface area contributed by atoms with E-state index in [1.54, 1.807) is 30.3 Å². The summed E-state index contributed by atoms with van der Waals surface area (Å²) in [7, 11) is 0. The molecular weight excluding hydrogens is 414 g/mol. The molecule has 0 radical (unpaired) electrons. The minimum Gasteiger partial charge on any atom is -0.411 e. The summed E-state index contributed by atoms with van der Waals surface area (Å²) in [5.41, 5.74) is 3.94. The number of hydrogen-bond donors (Lipinski definition) is 2. The van der Waals surface area contributed by atoms with Crippen molar-refractivity contribution >= 4 is 49.7 Å². The van der Waals surface area contributed by atoms with Crippen LogP contribution >= 0.6 is 31.9 Å². The predicted octanol–water partition coefficient (Wildman–Crippen LogP) is 3.81. The molecule has 0 bridgehead atoms. The van der Waals surface area contributed by atoms with E-state index in [2.05, 4.69) is 47.5 Å². The number of nitrogens with zero attached hydrogens (tertiary/aromatic N) is 2. The first-order valence-corrected chi connectivity index (χ1v) is 7.75. The maximum absolute atomic E-state index is 12.0. The van der Waals surface area contributed by atoms with E-state index >= 15 is 0 Å². The largest absolute Gasteiger partial charge is 0.411 e. The van der Waals surface area contributed by atoms with Crippen LogP contribution in [0.25, 0.3) is 0 Å². The second-order valence-electron chi connectivity index (χ2n) is 4.20. The summed E-state index contributed by atoms with van der Waals surface area (Å²) in [5.74, 6) is -0.359. The van der Waals surface area contributed by atoms with Crippen molar-refractivity contribution in [1.29, 1.82) is 0 Å². The van der Waals surface area contributed by atoms with Crippen molar-refractivity contribution in [2.75, 3.05) is 0 Å². The van der Waals surface area contributed by atoms with Gasteiger partial charge in [0.05, 0.1) is 6.21 Å². The highest BCUT2D eigenvalue weighted by Gasteiger charge is 2.06. The van der Waals surface area contributed by atoms with Crippen LogP contribution in [0.1, 0.15) is 15.9 Å². The molecule has 2 aromatic carbocycles. The second kappa shape index (κ2) is 7.86. The van der Waals surface area contributed by atoms with E-state index in [0.29, 0.717) is 16.8 Å². The Bertz CT molecular complexity index is 728. The Hall–Kier alpha value is -1.99. The van der Waals surface area contributed by atoms with Gasteiger partial charge in [0.2, 0.25) is 0 Å². The molecule has 1 amide bonds. The van der Waals surface area contributed by atoms with E-state index in [4.69, 9.17) is 5.21 Å². The van der Waals surface area contributed by atoms with Crippen molar-refractivity contribution in [3.8, 4) is 0 Å². The average Bonchev–Trinajstić information content (AvgIpc) is 2.52. The Morgan fingerprint density at radius 1 is 1.05 bits per heavy atom. The van der Waals surface area contributed by atoms with E-state index in [9.17, 15) is 4.79 Å². The quantitative estimate of drug-likeness (QED) is 0.445. The van der Waals surface area contributed by atoms with Crippen molar-refractivity contribution in [2.24, 2.45) is 10.3 Å². The van der Waals surface area contributed by atoms with Gasteiger partial charge in [0.15, 0.2) is 0 Å². The molecule has 112 valence electrons. The third kappa shape index (κ3) is 4.51. The molecular formula is C15H11Br2N3O2. The number of hydrazone groups is 1. The Morgan fingerprint density at radius 3 is 2.41 bits per heavy atom. The molecule has 5 nitrogen and oxygen atoms in total. The number of carbonyl (C=O) groups excluding carboxylic acids is 1. The number of halogens is 2. The van der Waals surface area contributed by atoms with Crippen LogP contribution in [0, 0.1) is 0 Å². The van der Waals surface area contributed by atoms with Crippen molar-refractivity contribution in [3.63, 3.8) is 0 Å². The third-order valence-electron chi connectivity index (χ3n) is 2.68. The Balaban J connectivity index is 2.20. The molecule has 22 heavy (non-hydrogen) atoms. The van der Waals surface area contributed by atoms with Gasteiger partial charge in [0, 0.05) is 20.1 Å². The zero-order chi connectivity index (χ0) is 15.9. The minimum atomic E-state index is -0.359. The molecule has 0 aliphatic rings. The van der Waals surface area contributed by atoms with Gasteiger partial charge in [-0.1, -0.05) is 55.2 Å². The predicted molar refractivity (Wildman–Crippen MR) is 92.6 cm³/mol. The summed E-state index contributed by atoms with van der Waals surface area (Å²) < 4.78 is 1.71. The maximum Gasteiger partial charge on any atom is 0.271 e. The smallest absolute Gasteiger partial charge is 0.271 e. The van der Waals surface area contributed by atoms with Crippen molar-refractivity contribution in [3.05, 3.63) is 68.6 Å². The van der Waals surface area contributed by atoms with E-state index in [0.717, 1.165) is 15.2 Å². The molecule has 2 rings (SSSR count). The van der Waals surface area contributed by atoms with Crippen LogP contribution < -0.4 is 5.43 Å². The van der Waals surface area contributed by atoms with Gasteiger partial charge >= 0.3 is 0 Å². The van der Waals surface area contributed by atoms with Gasteiger partial charge in [-0.15, -0.1) is 0 Å². The first-order valence-electron chi connectivity index (χ1n) is 6.17. The lowest BCUT2D eigenvalue weighted by Crippen LogP contribution is -2.20. The highest BCUT2D eigenvalue weighted by atomic mass is 79.9. The van der Waals surface area contributed by atoms with Gasteiger partial charge in [-0.25, -0.2) is 5.43 Å². The molecule has 0 aliphatic heterocycles. The Labute approximate surface area is 144 Å². The molecule has 7 heteroatoms. The first kappa shape index (κ1) is 16.4. The summed E-state index contributed by atoms with van der Waals surface area (Å²) in [5, 5.41) is 15.7. The number of rotatable bonds is 4. The number of carbonyl (C=O) groups is 1. The lowest BCUT2D eigenvalue weighted by molar-refractivity contribution is 0.0955. The number of nitrogens with one attached hydrogen (secondary N) is 1. The SMILES string of the molecule is O=C(NN=C(C=NO)c1ccc(Br)cc1)c1cccc(Br)c1. The molecule has 0 fully saturated rings. The summed E-state index contributed by atoms with van der Waals surface area (Å²) in [4.78, 5) is 12.0. The summed E-state index contributed by atoms with van der Waals surface area (Å²) in [6, 6.07) is 14.2. The van der Waals surface area contributed by atoms with E-state index < -0.39 is 0 Å². The highest BCUT2D eigenvalue weighted by molar-refractivity contribution is 9.10. The normalized spacial score (nSPS) is 11.6. The van der Waals surface area contributed by atoms with Crippen LogP contribution in [0.5, 0.6) is 0 Å². The molecule has 0 spiro atoms.